The van der Waals surface area contributed by atoms with Crippen LogP contribution in [0, 0.1) is 0 Å². The molecule has 1 unspecified atom stereocenters. The van der Waals surface area contributed by atoms with Gasteiger partial charge in [-0.05, 0) is 48.8 Å². The lowest BCUT2D eigenvalue weighted by molar-refractivity contribution is -0.139. The fraction of sp³-hybridized carbons (Fsp3) is 0.462. The quantitative estimate of drug-likeness (QED) is 0.875. The molecule has 0 aliphatic carbocycles. The fourth-order valence-corrected chi connectivity index (χ4v) is 1.62. The Balaban J connectivity index is 2.68. The van der Waals surface area contributed by atoms with Gasteiger partial charge in [0.1, 0.15) is 11.6 Å². The Hall–Kier alpha value is -1.63. The summed E-state index contributed by atoms with van der Waals surface area (Å²) in [6.45, 7) is 5.12. The van der Waals surface area contributed by atoms with Gasteiger partial charge in [0, 0.05) is 22.8 Å². The molecule has 0 bridgehead atoms. The summed E-state index contributed by atoms with van der Waals surface area (Å²) in [4.78, 5) is 26.8. The first kappa shape index (κ1) is 16.4. The van der Waals surface area contributed by atoms with Crippen LogP contribution in [0.1, 0.15) is 26.5 Å². The average Bonchev–Trinajstić information content (AvgIpc) is 2.28. The van der Waals surface area contributed by atoms with E-state index in [2.05, 4.69) is 26.2 Å². The topological polar surface area (TPSA) is 88.5 Å². The number of carbonyl (C=O) groups excluding carboxylic acids is 1. The first-order valence-electron chi connectivity index (χ1n) is 6.00. The van der Waals surface area contributed by atoms with Crippen molar-refractivity contribution in [3.8, 4) is 0 Å². The number of rotatable bonds is 4. The summed E-state index contributed by atoms with van der Waals surface area (Å²) >= 11 is 3.25. The number of aliphatic carboxylic acids is 1. The van der Waals surface area contributed by atoms with Gasteiger partial charge in [-0.1, -0.05) is 0 Å². The van der Waals surface area contributed by atoms with Crippen LogP contribution in [0.3, 0.4) is 0 Å². The molecule has 0 saturated carbocycles. The zero-order valence-electron chi connectivity index (χ0n) is 11.5. The Morgan fingerprint density at radius 2 is 2.10 bits per heavy atom. The van der Waals surface area contributed by atoms with E-state index in [1.807, 2.05) is 0 Å². The van der Waals surface area contributed by atoms with Crippen molar-refractivity contribution in [2.75, 3.05) is 0 Å². The van der Waals surface area contributed by atoms with Gasteiger partial charge in [-0.25, -0.2) is 9.59 Å². The zero-order chi connectivity index (χ0) is 15.3. The maximum atomic E-state index is 11.6. The third kappa shape index (κ3) is 6.01. The number of pyridine rings is 1. The molecule has 0 aliphatic heterocycles. The van der Waals surface area contributed by atoms with E-state index in [9.17, 15) is 9.59 Å². The second-order valence-corrected chi connectivity index (χ2v) is 6.12. The van der Waals surface area contributed by atoms with Gasteiger partial charge < -0.3 is 15.2 Å². The third-order valence-electron chi connectivity index (χ3n) is 2.19. The van der Waals surface area contributed by atoms with Crippen LogP contribution in [0.4, 0.5) is 4.79 Å². The van der Waals surface area contributed by atoms with Gasteiger partial charge in [-0.15, -0.1) is 0 Å². The molecule has 1 aromatic rings. The van der Waals surface area contributed by atoms with Crippen molar-refractivity contribution in [1.82, 2.24) is 10.3 Å². The predicted molar refractivity (Wildman–Crippen MR) is 76.4 cm³/mol. The number of halogens is 1. The van der Waals surface area contributed by atoms with Crippen LogP contribution in [0.5, 0.6) is 0 Å². The van der Waals surface area contributed by atoms with Gasteiger partial charge in [0.05, 0.1) is 0 Å². The van der Waals surface area contributed by atoms with Gasteiger partial charge >= 0.3 is 12.1 Å². The minimum Gasteiger partial charge on any atom is -0.480 e. The normalized spacial score (nSPS) is 12.6. The highest BCUT2D eigenvalue weighted by atomic mass is 79.9. The second-order valence-electron chi connectivity index (χ2n) is 5.21. The highest BCUT2D eigenvalue weighted by molar-refractivity contribution is 9.10. The van der Waals surface area contributed by atoms with Crippen molar-refractivity contribution in [1.29, 1.82) is 0 Å². The molecule has 0 saturated heterocycles. The number of amides is 1. The molecular formula is C13H17BrN2O4. The summed E-state index contributed by atoms with van der Waals surface area (Å²) in [6, 6.07) is 2.37. The van der Waals surface area contributed by atoms with Gasteiger partial charge in [0.2, 0.25) is 0 Å². The number of carbonyl (C=O) groups is 2. The molecule has 0 radical (unpaired) electrons. The molecule has 1 rings (SSSR count). The number of carboxylic acids is 1. The van der Waals surface area contributed by atoms with Crippen molar-refractivity contribution >= 4 is 28.0 Å². The molecule has 1 aromatic heterocycles. The Morgan fingerprint density at radius 1 is 1.45 bits per heavy atom. The monoisotopic (exact) mass is 344 g/mol. The minimum atomic E-state index is -1.14. The van der Waals surface area contributed by atoms with Crippen LogP contribution in [-0.2, 0) is 16.0 Å². The third-order valence-corrected chi connectivity index (χ3v) is 2.66. The van der Waals surface area contributed by atoms with E-state index in [1.165, 1.54) is 0 Å². The van der Waals surface area contributed by atoms with Crippen LogP contribution >= 0.6 is 15.9 Å². The summed E-state index contributed by atoms with van der Waals surface area (Å²) in [5, 5.41) is 11.5. The van der Waals surface area contributed by atoms with E-state index in [4.69, 9.17) is 9.84 Å². The van der Waals surface area contributed by atoms with Crippen molar-refractivity contribution in [2.45, 2.75) is 38.8 Å². The Morgan fingerprint density at radius 3 is 2.55 bits per heavy atom. The SMILES string of the molecule is CC(C)(C)OC(=O)NC(Cc1ccc(Br)cn1)C(=O)O. The maximum Gasteiger partial charge on any atom is 0.408 e. The van der Waals surface area contributed by atoms with Gasteiger partial charge in [-0.2, -0.15) is 0 Å². The van der Waals surface area contributed by atoms with Gasteiger partial charge in [-0.3, -0.25) is 4.98 Å². The molecule has 0 aromatic carbocycles. The molecule has 6 nitrogen and oxygen atoms in total. The maximum absolute atomic E-state index is 11.6. The first-order chi connectivity index (χ1) is 9.17. The number of nitrogens with zero attached hydrogens (tertiary/aromatic N) is 1. The zero-order valence-corrected chi connectivity index (χ0v) is 13.1. The van der Waals surface area contributed by atoms with Crippen molar-refractivity contribution in [3.63, 3.8) is 0 Å². The molecule has 2 N–H and O–H groups in total. The molecule has 1 atom stereocenters. The van der Waals surface area contributed by atoms with Gasteiger partial charge in [0.15, 0.2) is 0 Å². The van der Waals surface area contributed by atoms with E-state index >= 15 is 0 Å². The minimum absolute atomic E-state index is 0.0852. The Bertz CT molecular complexity index is 482. The standard InChI is InChI=1S/C13H17BrN2O4/c1-13(2,3)20-12(19)16-10(11(17)18)6-9-5-4-8(14)7-15-9/h4-5,7,10H,6H2,1-3H3,(H,16,19)(H,17,18). The number of aromatic nitrogens is 1. The van der Waals surface area contributed by atoms with Crippen LogP contribution in [-0.4, -0.2) is 33.8 Å². The van der Waals surface area contributed by atoms with Crippen LogP contribution in [0.2, 0.25) is 0 Å². The molecule has 1 amide bonds. The number of alkyl carbamates (subject to hydrolysis) is 1. The fourth-order valence-electron chi connectivity index (χ4n) is 1.39. The number of hydrogen-bond acceptors (Lipinski definition) is 4. The summed E-state index contributed by atoms with van der Waals surface area (Å²) in [6.07, 6.45) is 0.894. The number of carboxylic acid groups (broad SMARTS) is 1. The van der Waals surface area contributed by atoms with E-state index < -0.39 is 23.7 Å². The lowest BCUT2D eigenvalue weighted by Gasteiger charge is -2.21. The highest BCUT2D eigenvalue weighted by Crippen LogP contribution is 2.10. The van der Waals surface area contributed by atoms with Gasteiger partial charge in [0.25, 0.3) is 0 Å². The summed E-state index contributed by atoms with van der Waals surface area (Å²) in [7, 11) is 0. The second kappa shape index (κ2) is 6.69. The summed E-state index contributed by atoms with van der Waals surface area (Å²) < 4.78 is 5.83. The molecule has 0 spiro atoms. The van der Waals surface area contributed by atoms with Crippen molar-refractivity contribution in [2.24, 2.45) is 0 Å². The highest BCUT2D eigenvalue weighted by Gasteiger charge is 2.24. The lowest BCUT2D eigenvalue weighted by Crippen LogP contribution is -2.44. The molecule has 110 valence electrons. The van der Waals surface area contributed by atoms with Crippen molar-refractivity contribution in [3.05, 3.63) is 28.5 Å². The number of hydrogen-bond donors (Lipinski definition) is 2. The van der Waals surface area contributed by atoms with Crippen molar-refractivity contribution < 1.29 is 19.4 Å². The van der Waals surface area contributed by atoms with E-state index in [0.29, 0.717) is 5.69 Å². The molecule has 0 aliphatic rings. The lowest BCUT2D eigenvalue weighted by atomic mass is 10.1. The van der Waals surface area contributed by atoms with E-state index in [0.717, 1.165) is 4.47 Å². The smallest absolute Gasteiger partial charge is 0.408 e. The van der Waals surface area contributed by atoms with E-state index in [-0.39, 0.29) is 6.42 Å². The summed E-state index contributed by atoms with van der Waals surface area (Å²) in [5.74, 6) is -1.14. The number of ether oxygens (including phenoxy) is 1. The van der Waals surface area contributed by atoms with Crippen LogP contribution in [0.25, 0.3) is 0 Å². The van der Waals surface area contributed by atoms with Crippen LogP contribution in [0.15, 0.2) is 22.8 Å². The Labute approximate surface area is 125 Å². The molecule has 0 fully saturated rings. The first-order valence-corrected chi connectivity index (χ1v) is 6.79. The number of nitrogens with one attached hydrogen (secondary N) is 1. The molecule has 20 heavy (non-hydrogen) atoms. The van der Waals surface area contributed by atoms with Crippen LogP contribution < -0.4 is 5.32 Å². The Kier molecular flexibility index (Phi) is 5.50. The molecule has 7 heteroatoms. The largest absolute Gasteiger partial charge is 0.480 e. The summed E-state index contributed by atoms with van der Waals surface area (Å²) in [5.41, 5.74) is -0.111. The predicted octanol–water partition coefficient (Wildman–Crippen LogP) is 2.36. The molecular weight excluding hydrogens is 328 g/mol. The average molecular weight is 345 g/mol. The van der Waals surface area contributed by atoms with E-state index in [1.54, 1.807) is 39.1 Å². The molecule has 1 heterocycles.